The molecule has 1 saturated carbocycles. The number of benzene rings is 1. The van der Waals surface area contributed by atoms with Crippen LogP contribution < -0.4 is 10.1 Å². The molecule has 84 valence electrons. The van der Waals surface area contributed by atoms with E-state index in [-0.39, 0.29) is 0 Å². The summed E-state index contributed by atoms with van der Waals surface area (Å²) in [7, 11) is 1.63. The molecular formula is C13H16N2O. The van der Waals surface area contributed by atoms with Gasteiger partial charge in [-0.15, -0.1) is 0 Å². The Balaban J connectivity index is 2.20. The third-order valence-corrected chi connectivity index (χ3v) is 3.09. The van der Waals surface area contributed by atoms with Gasteiger partial charge in [0, 0.05) is 6.04 Å². The lowest BCUT2D eigenvalue weighted by Crippen LogP contribution is -2.34. The van der Waals surface area contributed by atoms with Crippen molar-refractivity contribution in [3.8, 4) is 11.8 Å². The summed E-state index contributed by atoms with van der Waals surface area (Å²) in [5.41, 5.74) is 1.49. The highest BCUT2D eigenvalue weighted by Crippen LogP contribution is 2.34. The van der Waals surface area contributed by atoms with Crippen molar-refractivity contribution in [2.45, 2.75) is 25.8 Å². The van der Waals surface area contributed by atoms with Crippen LogP contribution in [0.25, 0.3) is 0 Å². The fourth-order valence-electron chi connectivity index (χ4n) is 2.17. The Labute approximate surface area is 96.0 Å². The number of para-hydroxylation sites is 1. The zero-order valence-corrected chi connectivity index (χ0v) is 9.66. The Morgan fingerprint density at radius 3 is 2.75 bits per heavy atom. The SMILES string of the molecule is COc1cccc(C#N)c1NC1CC(C)C1. The molecule has 1 aromatic carbocycles. The van der Waals surface area contributed by atoms with Gasteiger partial charge in [-0.1, -0.05) is 13.0 Å². The first-order valence-corrected chi connectivity index (χ1v) is 5.58. The highest BCUT2D eigenvalue weighted by atomic mass is 16.5. The topological polar surface area (TPSA) is 45.0 Å². The number of hydrogen-bond acceptors (Lipinski definition) is 3. The summed E-state index contributed by atoms with van der Waals surface area (Å²) in [6.07, 6.45) is 2.34. The molecule has 1 aliphatic carbocycles. The van der Waals surface area contributed by atoms with E-state index in [0.29, 0.717) is 11.6 Å². The second kappa shape index (κ2) is 4.44. The number of rotatable bonds is 3. The van der Waals surface area contributed by atoms with Crippen LogP contribution in [0.1, 0.15) is 25.3 Å². The van der Waals surface area contributed by atoms with Crippen LogP contribution in [-0.2, 0) is 0 Å². The highest BCUT2D eigenvalue weighted by Gasteiger charge is 2.26. The monoisotopic (exact) mass is 216 g/mol. The summed E-state index contributed by atoms with van der Waals surface area (Å²) in [6, 6.07) is 8.21. The van der Waals surface area contributed by atoms with E-state index in [1.54, 1.807) is 7.11 Å². The van der Waals surface area contributed by atoms with E-state index < -0.39 is 0 Å². The van der Waals surface area contributed by atoms with E-state index in [1.165, 1.54) is 12.8 Å². The summed E-state index contributed by atoms with van der Waals surface area (Å²) in [5, 5.41) is 12.4. The first-order chi connectivity index (χ1) is 7.74. The Kier molecular flexibility index (Phi) is 3.00. The molecule has 16 heavy (non-hydrogen) atoms. The predicted octanol–water partition coefficient (Wildman–Crippen LogP) is 2.78. The van der Waals surface area contributed by atoms with E-state index in [0.717, 1.165) is 17.4 Å². The third-order valence-electron chi connectivity index (χ3n) is 3.09. The number of ether oxygens (including phenoxy) is 1. The minimum atomic E-state index is 0.485. The van der Waals surface area contributed by atoms with Crippen molar-refractivity contribution in [2.24, 2.45) is 5.92 Å². The molecule has 2 rings (SSSR count). The standard InChI is InChI=1S/C13H16N2O/c1-9-6-11(7-9)15-13-10(8-14)4-3-5-12(13)16-2/h3-5,9,11,15H,6-7H2,1-2H3. The number of nitrogens with zero attached hydrogens (tertiary/aromatic N) is 1. The number of nitriles is 1. The molecule has 0 spiro atoms. The maximum Gasteiger partial charge on any atom is 0.143 e. The fourth-order valence-corrected chi connectivity index (χ4v) is 2.17. The summed E-state index contributed by atoms with van der Waals surface area (Å²) in [4.78, 5) is 0. The quantitative estimate of drug-likeness (QED) is 0.845. The van der Waals surface area contributed by atoms with Gasteiger partial charge in [0.25, 0.3) is 0 Å². The Bertz CT molecular complexity index is 416. The van der Waals surface area contributed by atoms with Gasteiger partial charge in [0.1, 0.15) is 11.8 Å². The summed E-state index contributed by atoms with van der Waals surface area (Å²) in [5.74, 6) is 1.54. The number of nitrogens with one attached hydrogen (secondary N) is 1. The van der Waals surface area contributed by atoms with E-state index in [4.69, 9.17) is 10.00 Å². The average molecular weight is 216 g/mol. The van der Waals surface area contributed by atoms with Gasteiger partial charge in [-0.25, -0.2) is 0 Å². The Morgan fingerprint density at radius 2 is 2.19 bits per heavy atom. The molecule has 0 saturated heterocycles. The van der Waals surface area contributed by atoms with Crippen LogP contribution in [0.4, 0.5) is 5.69 Å². The molecule has 3 heteroatoms. The van der Waals surface area contributed by atoms with Gasteiger partial charge >= 0.3 is 0 Å². The largest absolute Gasteiger partial charge is 0.495 e. The van der Waals surface area contributed by atoms with Crippen molar-refractivity contribution in [2.75, 3.05) is 12.4 Å². The van der Waals surface area contributed by atoms with Crippen LogP contribution in [0.5, 0.6) is 5.75 Å². The molecule has 1 aliphatic rings. The van der Waals surface area contributed by atoms with Gasteiger partial charge in [0.05, 0.1) is 18.4 Å². The molecule has 0 aromatic heterocycles. The van der Waals surface area contributed by atoms with Gasteiger partial charge in [0.2, 0.25) is 0 Å². The molecule has 0 radical (unpaired) electrons. The maximum atomic E-state index is 9.05. The second-order valence-electron chi connectivity index (χ2n) is 4.41. The van der Waals surface area contributed by atoms with Crippen LogP contribution in [0.15, 0.2) is 18.2 Å². The molecule has 0 atom stereocenters. The first-order valence-electron chi connectivity index (χ1n) is 5.58. The second-order valence-corrected chi connectivity index (χ2v) is 4.41. The maximum absolute atomic E-state index is 9.05. The lowest BCUT2D eigenvalue weighted by Gasteiger charge is -2.34. The normalized spacial score (nSPS) is 23.1. The number of anilines is 1. The molecular weight excluding hydrogens is 200 g/mol. The lowest BCUT2D eigenvalue weighted by atomic mass is 9.81. The van der Waals surface area contributed by atoms with Crippen LogP contribution in [0.3, 0.4) is 0 Å². The summed E-state index contributed by atoms with van der Waals surface area (Å²) in [6.45, 7) is 2.24. The third kappa shape index (κ3) is 1.96. The van der Waals surface area contributed by atoms with E-state index in [9.17, 15) is 0 Å². The molecule has 1 aromatic rings. The van der Waals surface area contributed by atoms with E-state index >= 15 is 0 Å². The van der Waals surface area contributed by atoms with Crippen LogP contribution in [0.2, 0.25) is 0 Å². The number of hydrogen-bond donors (Lipinski definition) is 1. The highest BCUT2D eigenvalue weighted by molar-refractivity contribution is 5.66. The van der Waals surface area contributed by atoms with Crippen molar-refractivity contribution < 1.29 is 4.74 Å². The van der Waals surface area contributed by atoms with Crippen molar-refractivity contribution in [3.05, 3.63) is 23.8 Å². The zero-order valence-electron chi connectivity index (χ0n) is 9.66. The van der Waals surface area contributed by atoms with Crippen molar-refractivity contribution in [1.82, 2.24) is 0 Å². The van der Waals surface area contributed by atoms with Crippen LogP contribution >= 0.6 is 0 Å². The molecule has 0 unspecified atom stereocenters. The van der Waals surface area contributed by atoms with Gasteiger partial charge < -0.3 is 10.1 Å². The van der Waals surface area contributed by atoms with E-state index in [1.807, 2.05) is 18.2 Å². The molecule has 0 amide bonds. The van der Waals surface area contributed by atoms with Gasteiger partial charge in [-0.3, -0.25) is 0 Å². The van der Waals surface area contributed by atoms with Crippen molar-refractivity contribution in [3.63, 3.8) is 0 Å². The van der Waals surface area contributed by atoms with Crippen LogP contribution in [-0.4, -0.2) is 13.2 Å². The van der Waals surface area contributed by atoms with Gasteiger partial charge in [-0.2, -0.15) is 5.26 Å². The Hall–Kier alpha value is -1.69. The minimum Gasteiger partial charge on any atom is -0.495 e. The molecule has 0 aliphatic heterocycles. The fraction of sp³-hybridized carbons (Fsp3) is 0.462. The number of methoxy groups -OCH3 is 1. The molecule has 1 N–H and O–H groups in total. The summed E-state index contributed by atoms with van der Waals surface area (Å²) < 4.78 is 5.27. The lowest BCUT2D eigenvalue weighted by molar-refractivity contribution is 0.308. The zero-order chi connectivity index (χ0) is 11.5. The molecule has 0 bridgehead atoms. The predicted molar refractivity (Wildman–Crippen MR) is 63.5 cm³/mol. The first kappa shape index (κ1) is 10.8. The van der Waals surface area contributed by atoms with Crippen molar-refractivity contribution in [1.29, 1.82) is 5.26 Å². The molecule has 3 nitrogen and oxygen atoms in total. The Morgan fingerprint density at radius 1 is 1.44 bits per heavy atom. The van der Waals surface area contributed by atoms with E-state index in [2.05, 4.69) is 18.3 Å². The summed E-state index contributed by atoms with van der Waals surface area (Å²) >= 11 is 0. The smallest absolute Gasteiger partial charge is 0.143 e. The van der Waals surface area contributed by atoms with Gasteiger partial charge in [0.15, 0.2) is 0 Å². The van der Waals surface area contributed by atoms with Gasteiger partial charge in [-0.05, 0) is 30.9 Å². The average Bonchev–Trinajstić information content (AvgIpc) is 2.27. The minimum absolute atomic E-state index is 0.485. The van der Waals surface area contributed by atoms with Crippen LogP contribution in [0, 0.1) is 17.2 Å². The van der Waals surface area contributed by atoms with Crippen molar-refractivity contribution >= 4 is 5.69 Å². The molecule has 1 fully saturated rings. The molecule has 0 heterocycles.